The van der Waals surface area contributed by atoms with Crippen LogP contribution >= 0.6 is 11.6 Å². The summed E-state index contributed by atoms with van der Waals surface area (Å²) in [5.41, 5.74) is -0.690. The van der Waals surface area contributed by atoms with Gasteiger partial charge >= 0.3 is 12.2 Å². The zero-order valence-electron chi connectivity index (χ0n) is 15.0. The normalized spacial score (nSPS) is 17.6. The number of aromatic nitrogens is 2. The lowest BCUT2D eigenvalue weighted by Gasteiger charge is -2.19. The van der Waals surface area contributed by atoms with Crippen molar-refractivity contribution in [2.45, 2.75) is 31.5 Å². The molecule has 3 rings (SSSR count). The van der Waals surface area contributed by atoms with Gasteiger partial charge in [0.05, 0.1) is 10.7 Å². The van der Waals surface area contributed by atoms with Crippen molar-refractivity contribution in [2.24, 2.45) is 0 Å². The summed E-state index contributed by atoms with van der Waals surface area (Å²) in [5, 5.41) is 4.29. The van der Waals surface area contributed by atoms with Crippen LogP contribution in [0, 0.1) is 12.7 Å². The molecule has 2 atom stereocenters. The number of urea groups is 1. The van der Waals surface area contributed by atoms with Gasteiger partial charge in [0.2, 0.25) is 0 Å². The minimum atomic E-state index is -4.73. The van der Waals surface area contributed by atoms with Gasteiger partial charge < -0.3 is 10.6 Å². The quantitative estimate of drug-likeness (QED) is 0.712. The topological polar surface area (TPSA) is 84.0 Å². The van der Waals surface area contributed by atoms with E-state index in [-0.39, 0.29) is 35.7 Å². The highest BCUT2D eigenvalue weighted by atomic mass is 35.5. The van der Waals surface area contributed by atoms with Crippen LogP contribution in [0.2, 0.25) is 5.02 Å². The molecule has 0 spiro atoms. The molecule has 3 heterocycles. The summed E-state index contributed by atoms with van der Waals surface area (Å²) in [6.07, 6.45) is -3.96. The minimum Gasteiger partial charge on any atom is -0.336 e. The fraction of sp³-hybridized carbons (Fsp3) is 0.333. The summed E-state index contributed by atoms with van der Waals surface area (Å²) in [6.45, 7) is 1.52. The van der Waals surface area contributed by atoms with Crippen LogP contribution in [0.15, 0.2) is 24.4 Å². The zero-order chi connectivity index (χ0) is 21.3. The monoisotopic (exact) mass is 430 g/mol. The zero-order valence-corrected chi connectivity index (χ0v) is 15.7. The lowest BCUT2D eigenvalue weighted by atomic mass is 9.89. The van der Waals surface area contributed by atoms with E-state index in [4.69, 9.17) is 11.6 Å². The first-order valence-corrected chi connectivity index (χ1v) is 8.87. The summed E-state index contributed by atoms with van der Waals surface area (Å²) < 4.78 is 52.5. The van der Waals surface area contributed by atoms with Gasteiger partial charge in [0.25, 0.3) is 0 Å². The summed E-state index contributed by atoms with van der Waals surface area (Å²) >= 11 is 5.77. The molecule has 0 aliphatic carbocycles. The maximum atomic E-state index is 13.6. The Morgan fingerprint density at radius 1 is 1.38 bits per heavy atom. The van der Waals surface area contributed by atoms with E-state index in [0.717, 1.165) is 18.3 Å². The highest BCUT2D eigenvalue weighted by Gasteiger charge is 2.36. The number of nitrogens with one attached hydrogen (secondary N) is 2. The number of alkyl halides is 3. The van der Waals surface area contributed by atoms with Gasteiger partial charge in [-0.2, -0.15) is 13.2 Å². The summed E-state index contributed by atoms with van der Waals surface area (Å²) in [7, 11) is 0. The lowest BCUT2D eigenvalue weighted by Crippen LogP contribution is -2.35. The molecule has 1 aliphatic heterocycles. The van der Waals surface area contributed by atoms with Gasteiger partial charge in [-0.1, -0.05) is 11.6 Å². The molecule has 0 saturated carbocycles. The minimum absolute atomic E-state index is 0.0711. The number of ketones is 1. The van der Waals surface area contributed by atoms with Gasteiger partial charge in [-0.25, -0.2) is 9.18 Å². The Hall–Kier alpha value is -2.75. The Balaban J connectivity index is 1.98. The van der Waals surface area contributed by atoms with Crippen molar-refractivity contribution in [1.82, 2.24) is 20.6 Å². The van der Waals surface area contributed by atoms with E-state index in [1.165, 1.54) is 13.0 Å². The van der Waals surface area contributed by atoms with Crippen LogP contribution in [0.5, 0.6) is 0 Å². The second-order valence-electron chi connectivity index (χ2n) is 6.53. The molecule has 2 aromatic heterocycles. The molecule has 1 aliphatic rings. The summed E-state index contributed by atoms with van der Waals surface area (Å²) in [4.78, 5) is 31.4. The number of rotatable bonds is 5. The standard InChI is InChI=1S/C18H15ClF4N4O2/c1-8-12(20)2-3-13(26-8)10(5-15(28)14-7-25-17(29)27-14)9-4-11(19)16(24-6-9)18(21,22)23/h2-4,6,10,14H,5,7H2,1H3,(H2,25,27,29)/t10?,14-/m0/s1. The summed E-state index contributed by atoms with van der Waals surface area (Å²) in [5.74, 6) is -1.76. The predicted molar refractivity (Wildman–Crippen MR) is 95.0 cm³/mol. The maximum Gasteiger partial charge on any atom is 0.434 e. The molecule has 0 aromatic carbocycles. The largest absolute Gasteiger partial charge is 0.434 e. The fourth-order valence-electron chi connectivity index (χ4n) is 3.00. The van der Waals surface area contributed by atoms with Crippen molar-refractivity contribution in [3.8, 4) is 0 Å². The van der Waals surface area contributed by atoms with E-state index < -0.39 is 40.7 Å². The van der Waals surface area contributed by atoms with E-state index in [0.29, 0.717) is 0 Å². The number of carbonyl (C=O) groups is 2. The third-order valence-electron chi connectivity index (χ3n) is 4.50. The average molecular weight is 431 g/mol. The molecule has 6 nitrogen and oxygen atoms in total. The molecule has 2 amide bonds. The Kier molecular flexibility index (Phi) is 5.74. The van der Waals surface area contributed by atoms with Crippen LogP contribution in [-0.4, -0.2) is 34.4 Å². The van der Waals surface area contributed by atoms with Crippen molar-refractivity contribution < 1.29 is 27.2 Å². The van der Waals surface area contributed by atoms with E-state index in [9.17, 15) is 27.2 Å². The number of aryl methyl sites for hydroxylation is 1. The molecule has 2 aromatic rings. The number of pyridine rings is 2. The SMILES string of the molecule is Cc1nc(C(CC(=O)[C@@H]2CNC(=O)N2)c2cnc(C(F)(F)F)c(Cl)c2)ccc1F. The van der Waals surface area contributed by atoms with Crippen LogP contribution in [0.3, 0.4) is 0 Å². The van der Waals surface area contributed by atoms with Crippen LogP contribution in [0.1, 0.15) is 35.0 Å². The smallest absolute Gasteiger partial charge is 0.336 e. The van der Waals surface area contributed by atoms with Crippen LogP contribution < -0.4 is 10.6 Å². The second kappa shape index (κ2) is 7.94. The van der Waals surface area contributed by atoms with Crippen molar-refractivity contribution in [1.29, 1.82) is 0 Å². The Morgan fingerprint density at radius 2 is 2.10 bits per heavy atom. The van der Waals surface area contributed by atoms with Crippen molar-refractivity contribution in [3.63, 3.8) is 0 Å². The van der Waals surface area contributed by atoms with Crippen LogP contribution in [0.4, 0.5) is 22.4 Å². The number of halogens is 5. The van der Waals surface area contributed by atoms with Crippen molar-refractivity contribution in [2.75, 3.05) is 6.54 Å². The van der Waals surface area contributed by atoms with Crippen LogP contribution in [0.25, 0.3) is 0 Å². The van der Waals surface area contributed by atoms with Gasteiger partial charge in [-0.3, -0.25) is 14.8 Å². The molecule has 1 fully saturated rings. The number of amides is 2. The van der Waals surface area contributed by atoms with Gasteiger partial charge in [-0.15, -0.1) is 0 Å². The molecular formula is C18H15ClF4N4O2. The lowest BCUT2D eigenvalue weighted by molar-refractivity contribution is -0.141. The Labute approximate surface area is 167 Å². The third kappa shape index (κ3) is 4.64. The van der Waals surface area contributed by atoms with E-state index in [2.05, 4.69) is 20.6 Å². The van der Waals surface area contributed by atoms with E-state index in [1.54, 1.807) is 0 Å². The van der Waals surface area contributed by atoms with Gasteiger partial charge in [0, 0.05) is 30.8 Å². The van der Waals surface area contributed by atoms with E-state index in [1.807, 2.05) is 0 Å². The fourth-order valence-corrected chi connectivity index (χ4v) is 3.28. The van der Waals surface area contributed by atoms with E-state index >= 15 is 0 Å². The number of nitrogens with zero attached hydrogens (tertiary/aromatic N) is 2. The van der Waals surface area contributed by atoms with Gasteiger partial charge in [0.15, 0.2) is 11.5 Å². The predicted octanol–water partition coefficient (Wildman–Crippen LogP) is 3.37. The molecule has 154 valence electrons. The first-order valence-electron chi connectivity index (χ1n) is 8.49. The number of hydrogen-bond acceptors (Lipinski definition) is 4. The van der Waals surface area contributed by atoms with Crippen LogP contribution in [-0.2, 0) is 11.0 Å². The number of carbonyl (C=O) groups excluding carboxylic acids is 2. The first-order chi connectivity index (χ1) is 13.6. The second-order valence-corrected chi connectivity index (χ2v) is 6.94. The molecule has 2 N–H and O–H groups in total. The first kappa shape index (κ1) is 21.0. The highest BCUT2D eigenvalue weighted by Crippen LogP contribution is 2.36. The molecule has 1 saturated heterocycles. The maximum absolute atomic E-state index is 13.6. The van der Waals surface area contributed by atoms with Gasteiger partial charge in [0.1, 0.15) is 11.9 Å². The number of Topliss-reactive ketones (excluding diaryl/α,β-unsaturated/α-hetero) is 1. The molecule has 29 heavy (non-hydrogen) atoms. The Bertz CT molecular complexity index is 967. The van der Waals surface area contributed by atoms with Crippen molar-refractivity contribution in [3.05, 3.63) is 57.9 Å². The van der Waals surface area contributed by atoms with Crippen molar-refractivity contribution >= 4 is 23.4 Å². The summed E-state index contributed by atoms with van der Waals surface area (Å²) in [6, 6.07) is 2.30. The molecule has 1 unspecified atom stereocenters. The molecular weight excluding hydrogens is 416 g/mol. The average Bonchev–Trinajstić information content (AvgIpc) is 3.07. The number of hydrogen-bond donors (Lipinski definition) is 2. The highest BCUT2D eigenvalue weighted by molar-refractivity contribution is 6.31. The molecule has 0 bridgehead atoms. The third-order valence-corrected chi connectivity index (χ3v) is 4.79. The van der Waals surface area contributed by atoms with Gasteiger partial charge in [-0.05, 0) is 30.7 Å². The molecule has 11 heteroatoms. The molecule has 0 radical (unpaired) electrons. The Morgan fingerprint density at radius 3 is 2.66 bits per heavy atom.